The Hall–Kier alpha value is -2.34. The summed E-state index contributed by atoms with van der Waals surface area (Å²) in [6, 6.07) is 7.63. The van der Waals surface area contributed by atoms with Crippen molar-refractivity contribution in [3.8, 4) is 0 Å². The number of aromatic amines is 1. The maximum atomic E-state index is 11.5. The van der Waals surface area contributed by atoms with Crippen molar-refractivity contribution in [2.45, 2.75) is 25.9 Å². The average molecular weight is 300 g/mol. The lowest BCUT2D eigenvalue weighted by Gasteiger charge is -2.27. The summed E-state index contributed by atoms with van der Waals surface area (Å²) in [5.74, 6) is -0.348. The molecule has 0 bridgehead atoms. The molecule has 1 fully saturated rings. The maximum Gasteiger partial charge on any atom is 0.248 e. The average Bonchev–Trinajstić information content (AvgIpc) is 2.93. The molecule has 0 saturated carbocycles. The molecular weight excluding hydrogens is 280 g/mol. The predicted molar refractivity (Wildman–Crippen MR) is 86.9 cm³/mol. The lowest BCUT2D eigenvalue weighted by atomic mass is 10.1. The van der Waals surface area contributed by atoms with E-state index in [2.05, 4.69) is 21.3 Å². The van der Waals surface area contributed by atoms with Crippen molar-refractivity contribution in [2.75, 3.05) is 18.0 Å². The molecule has 4 N–H and O–H groups in total. The zero-order valence-corrected chi connectivity index (χ0v) is 12.6. The number of hydrogen-bond acceptors (Lipinski definition) is 4. The summed E-state index contributed by atoms with van der Waals surface area (Å²) in [7, 11) is 0. The second-order valence-electron chi connectivity index (χ2n) is 5.75. The molecule has 2 heterocycles. The van der Waals surface area contributed by atoms with Gasteiger partial charge >= 0.3 is 0 Å². The molecule has 1 aromatic carbocycles. The quantitative estimate of drug-likeness (QED) is 0.780. The van der Waals surface area contributed by atoms with E-state index >= 15 is 0 Å². The summed E-state index contributed by atoms with van der Waals surface area (Å²) in [6.45, 7) is 3.06. The monoisotopic (exact) mass is 300 g/mol. The fourth-order valence-corrected chi connectivity index (χ4v) is 3.10. The first-order valence-corrected chi connectivity index (χ1v) is 7.46. The molecular formula is C16H20N4O2. The standard InChI is InChI=1S/C16H20N4O2/c1-10-7-16(22)19-13-5-4-11(8-12(10)13)20-6-2-3-15(20)18-9-14(17)21/h4-5,7-8,15,18H,2-3,6,9H2,1H3,(H2,17,21)(H,19,22). The molecule has 1 aliphatic rings. The lowest BCUT2D eigenvalue weighted by molar-refractivity contribution is -0.117. The topological polar surface area (TPSA) is 91.2 Å². The van der Waals surface area contributed by atoms with Crippen molar-refractivity contribution in [3.05, 3.63) is 40.2 Å². The third-order valence-corrected chi connectivity index (χ3v) is 4.13. The van der Waals surface area contributed by atoms with Gasteiger partial charge in [-0.3, -0.25) is 14.9 Å². The molecule has 1 aromatic heterocycles. The number of fused-ring (bicyclic) bond motifs is 1. The number of nitrogens with one attached hydrogen (secondary N) is 2. The molecule has 3 rings (SSSR count). The van der Waals surface area contributed by atoms with E-state index in [0.717, 1.165) is 41.5 Å². The highest BCUT2D eigenvalue weighted by Gasteiger charge is 2.24. The van der Waals surface area contributed by atoms with Gasteiger partial charge in [0.1, 0.15) is 0 Å². The number of anilines is 1. The molecule has 1 unspecified atom stereocenters. The zero-order chi connectivity index (χ0) is 15.7. The smallest absolute Gasteiger partial charge is 0.248 e. The molecule has 1 amide bonds. The number of carbonyl (C=O) groups is 1. The maximum absolute atomic E-state index is 11.5. The fraction of sp³-hybridized carbons (Fsp3) is 0.375. The van der Waals surface area contributed by atoms with Crippen LogP contribution in [0, 0.1) is 6.92 Å². The summed E-state index contributed by atoms with van der Waals surface area (Å²) in [4.78, 5) is 27.6. The second-order valence-corrected chi connectivity index (χ2v) is 5.75. The first-order valence-electron chi connectivity index (χ1n) is 7.46. The molecule has 6 nitrogen and oxygen atoms in total. The van der Waals surface area contributed by atoms with Crippen LogP contribution >= 0.6 is 0 Å². The van der Waals surface area contributed by atoms with Gasteiger partial charge < -0.3 is 15.6 Å². The van der Waals surface area contributed by atoms with Crippen LogP contribution in [0.4, 0.5) is 5.69 Å². The third kappa shape index (κ3) is 2.82. The van der Waals surface area contributed by atoms with E-state index in [-0.39, 0.29) is 24.2 Å². The molecule has 1 saturated heterocycles. The fourth-order valence-electron chi connectivity index (χ4n) is 3.10. The van der Waals surface area contributed by atoms with Gasteiger partial charge in [0, 0.05) is 29.2 Å². The van der Waals surface area contributed by atoms with Gasteiger partial charge in [-0.25, -0.2) is 0 Å². The summed E-state index contributed by atoms with van der Waals surface area (Å²) in [5.41, 5.74) is 8.01. The molecule has 0 spiro atoms. The van der Waals surface area contributed by atoms with Gasteiger partial charge in [-0.1, -0.05) is 0 Å². The number of aryl methyl sites for hydroxylation is 1. The highest BCUT2D eigenvalue weighted by atomic mass is 16.1. The zero-order valence-electron chi connectivity index (χ0n) is 12.6. The van der Waals surface area contributed by atoms with Crippen LogP contribution in [0.1, 0.15) is 18.4 Å². The summed E-state index contributed by atoms with van der Waals surface area (Å²) in [5, 5.41) is 4.23. The number of rotatable bonds is 4. The van der Waals surface area contributed by atoms with Crippen LogP contribution in [-0.4, -0.2) is 30.1 Å². The van der Waals surface area contributed by atoms with E-state index < -0.39 is 0 Å². The number of pyridine rings is 1. The minimum Gasteiger partial charge on any atom is -0.369 e. The van der Waals surface area contributed by atoms with Gasteiger partial charge in [-0.15, -0.1) is 0 Å². The van der Waals surface area contributed by atoms with E-state index in [1.54, 1.807) is 6.07 Å². The Morgan fingerprint density at radius 1 is 1.45 bits per heavy atom. The van der Waals surface area contributed by atoms with Gasteiger partial charge in [-0.2, -0.15) is 0 Å². The normalized spacial score (nSPS) is 18.0. The van der Waals surface area contributed by atoms with Crippen molar-refractivity contribution in [3.63, 3.8) is 0 Å². The van der Waals surface area contributed by atoms with Crippen LogP contribution in [-0.2, 0) is 4.79 Å². The largest absolute Gasteiger partial charge is 0.369 e. The van der Waals surface area contributed by atoms with Crippen molar-refractivity contribution in [2.24, 2.45) is 5.73 Å². The minimum absolute atomic E-state index is 0.0834. The molecule has 116 valence electrons. The lowest BCUT2D eigenvalue weighted by Crippen LogP contribution is -2.44. The first-order chi connectivity index (χ1) is 10.5. The number of H-pyrrole nitrogens is 1. The Bertz CT molecular complexity index is 768. The number of aromatic nitrogens is 1. The van der Waals surface area contributed by atoms with Gasteiger partial charge in [0.05, 0.1) is 12.7 Å². The Balaban J connectivity index is 1.92. The van der Waals surface area contributed by atoms with Crippen LogP contribution in [0.3, 0.4) is 0 Å². The molecule has 0 radical (unpaired) electrons. The van der Waals surface area contributed by atoms with Crippen molar-refractivity contribution < 1.29 is 4.79 Å². The van der Waals surface area contributed by atoms with Crippen LogP contribution in [0.5, 0.6) is 0 Å². The number of nitrogens with zero attached hydrogens (tertiary/aromatic N) is 1. The van der Waals surface area contributed by atoms with Crippen molar-refractivity contribution in [1.82, 2.24) is 10.3 Å². The predicted octanol–water partition coefficient (Wildman–Crippen LogP) is 0.838. The summed E-state index contributed by atoms with van der Waals surface area (Å²) >= 11 is 0. The third-order valence-electron chi connectivity index (χ3n) is 4.13. The van der Waals surface area contributed by atoms with Crippen molar-refractivity contribution >= 4 is 22.5 Å². The van der Waals surface area contributed by atoms with Crippen LogP contribution in [0.25, 0.3) is 10.9 Å². The Morgan fingerprint density at radius 3 is 3.05 bits per heavy atom. The van der Waals surface area contributed by atoms with Crippen LogP contribution in [0.2, 0.25) is 0 Å². The number of hydrogen-bond donors (Lipinski definition) is 3. The highest BCUT2D eigenvalue weighted by Crippen LogP contribution is 2.27. The van der Waals surface area contributed by atoms with Crippen molar-refractivity contribution in [1.29, 1.82) is 0 Å². The molecule has 2 aromatic rings. The molecule has 22 heavy (non-hydrogen) atoms. The van der Waals surface area contributed by atoms with E-state index in [4.69, 9.17) is 5.73 Å². The Kier molecular flexibility index (Phi) is 3.85. The summed E-state index contributed by atoms with van der Waals surface area (Å²) in [6.07, 6.45) is 2.17. The first kappa shape index (κ1) is 14.6. The highest BCUT2D eigenvalue weighted by molar-refractivity contribution is 5.85. The molecule has 1 aliphatic heterocycles. The van der Waals surface area contributed by atoms with Gasteiger partial charge in [0.15, 0.2) is 0 Å². The van der Waals surface area contributed by atoms with Gasteiger partial charge in [0.25, 0.3) is 0 Å². The van der Waals surface area contributed by atoms with Crippen LogP contribution < -0.4 is 21.5 Å². The van der Waals surface area contributed by atoms with E-state index in [0.29, 0.717) is 0 Å². The molecule has 1 atom stereocenters. The van der Waals surface area contributed by atoms with Gasteiger partial charge in [-0.05, 0) is 43.5 Å². The Morgan fingerprint density at radius 2 is 2.27 bits per heavy atom. The molecule has 6 heteroatoms. The Labute approximate surface area is 128 Å². The number of nitrogens with two attached hydrogens (primary N) is 1. The second kappa shape index (κ2) is 5.81. The minimum atomic E-state index is -0.348. The molecule has 0 aliphatic carbocycles. The SMILES string of the molecule is Cc1cc(=O)[nH]c2ccc(N3CCCC3NCC(N)=O)cc12. The van der Waals surface area contributed by atoms with Gasteiger partial charge in [0.2, 0.25) is 11.5 Å². The number of amides is 1. The summed E-state index contributed by atoms with van der Waals surface area (Å²) < 4.78 is 0. The van der Waals surface area contributed by atoms with E-state index in [9.17, 15) is 9.59 Å². The van der Waals surface area contributed by atoms with E-state index in [1.165, 1.54) is 0 Å². The van der Waals surface area contributed by atoms with Crippen LogP contribution in [0.15, 0.2) is 29.1 Å². The number of carbonyl (C=O) groups excluding carboxylic acids is 1. The van der Waals surface area contributed by atoms with E-state index in [1.807, 2.05) is 19.1 Å². The number of benzene rings is 1. The number of primary amides is 1.